The molecule has 0 spiro atoms. The van der Waals surface area contributed by atoms with E-state index in [9.17, 15) is 5.11 Å². The second-order valence-corrected chi connectivity index (χ2v) is 6.60. The van der Waals surface area contributed by atoms with Gasteiger partial charge in [-0.05, 0) is 44.1 Å². The molecule has 1 fully saturated rings. The third-order valence-electron chi connectivity index (χ3n) is 4.42. The molecule has 0 radical (unpaired) electrons. The van der Waals surface area contributed by atoms with Crippen molar-refractivity contribution in [1.82, 2.24) is 9.88 Å². The number of likely N-dealkylation sites (tertiary alicyclic amines) is 1. The van der Waals surface area contributed by atoms with Gasteiger partial charge in [0.2, 0.25) is 0 Å². The first-order chi connectivity index (χ1) is 11.1. The second-order valence-electron chi connectivity index (χ2n) is 6.60. The third-order valence-corrected chi connectivity index (χ3v) is 4.42. The average Bonchev–Trinajstić information content (AvgIpc) is 2.55. The lowest BCUT2D eigenvalue weighted by Gasteiger charge is -2.41. The van der Waals surface area contributed by atoms with E-state index in [1.54, 1.807) is 0 Å². The highest BCUT2D eigenvalue weighted by Gasteiger charge is 2.34. The van der Waals surface area contributed by atoms with E-state index in [1.165, 1.54) is 5.56 Å². The van der Waals surface area contributed by atoms with Crippen LogP contribution in [-0.4, -0.2) is 47.3 Å². The summed E-state index contributed by atoms with van der Waals surface area (Å²) in [5.74, 6) is 0.915. The molecule has 0 amide bonds. The van der Waals surface area contributed by atoms with Gasteiger partial charge in [0.05, 0.1) is 5.60 Å². The predicted octanol–water partition coefficient (Wildman–Crippen LogP) is 2.54. The van der Waals surface area contributed by atoms with Crippen LogP contribution in [-0.2, 0) is 6.54 Å². The first kappa shape index (κ1) is 16.0. The zero-order chi connectivity index (χ0) is 16.1. The summed E-state index contributed by atoms with van der Waals surface area (Å²) < 4.78 is 0. The van der Waals surface area contributed by atoms with Gasteiger partial charge in [-0.25, -0.2) is 4.98 Å². The summed E-state index contributed by atoms with van der Waals surface area (Å²) in [7, 11) is 2.08. The predicted molar refractivity (Wildman–Crippen MR) is 93.4 cm³/mol. The number of rotatable bonds is 5. The zero-order valence-electron chi connectivity index (χ0n) is 13.7. The molecule has 0 aliphatic carbocycles. The number of likely N-dealkylation sites (N-methyl/N-ethyl adjacent to an activating group) is 1. The van der Waals surface area contributed by atoms with Crippen LogP contribution in [0.2, 0.25) is 0 Å². The van der Waals surface area contributed by atoms with Gasteiger partial charge in [0.25, 0.3) is 0 Å². The molecular weight excluding hydrogens is 286 g/mol. The minimum Gasteiger partial charge on any atom is -0.387 e. The zero-order valence-corrected chi connectivity index (χ0v) is 13.7. The molecule has 0 bridgehead atoms. The summed E-state index contributed by atoms with van der Waals surface area (Å²) in [4.78, 5) is 8.89. The number of aromatic nitrogens is 1. The van der Waals surface area contributed by atoms with Crippen LogP contribution in [0.5, 0.6) is 0 Å². The first-order valence-corrected chi connectivity index (χ1v) is 8.25. The van der Waals surface area contributed by atoms with Crippen LogP contribution in [0.3, 0.4) is 0 Å². The van der Waals surface area contributed by atoms with Gasteiger partial charge in [0.1, 0.15) is 5.82 Å². The van der Waals surface area contributed by atoms with E-state index in [-0.39, 0.29) is 0 Å². The topological polar surface area (TPSA) is 39.6 Å². The van der Waals surface area contributed by atoms with Crippen LogP contribution >= 0.6 is 0 Å². The van der Waals surface area contributed by atoms with Crippen LogP contribution in [0.15, 0.2) is 54.7 Å². The first-order valence-electron chi connectivity index (χ1n) is 8.25. The number of nitrogens with zero attached hydrogens (tertiary/aromatic N) is 3. The van der Waals surface area contributed by atoms with Gasteiger partial charge in [0, 0.05) is 25.8 Å². The van der Waals surface area contributed by atoms with Crippen molar-refractivity contribution in [3.63, 3.8) is 0 Å². The van der Waals surface area contributed by atoms with Crippen molar-refractivity contribution in [2.24, 2.45) is 0 Å². The summed E-state index contributed by atoms with van der Waals surface area (Å²) in [6.07, 6.45) is 3.69. The Balaban J connectivity index is 1.80. The van der Waals surface area contributed by atoms with Gasteiger partial charge in [-0.3, -0.25) is 0 Å². The normalized spacial score (nSPS) is 22.0. The fourth-order valence-corrected chi connectivity index (χ4v) is 3.39. The highest BCUT2D eigenvalue weighted by atomic mass is 16.3. The van der Waals surface area contributed by atoms with E-state index in [1.807, 2.05) is 30.5 Å². The molecule has 3 rings (SSSR count). The van der Waals surface area contributed by atoms with E-state index in [4.69, 9.17) is 0 Å². The van der Waals surface area contributed by atoms with E-state index in [0.717, 1.165) is 31.7 Å². The maximum Gasteiger partial charge on any atom is 0.128 e. The minimum atomic E-state index is -0.681. The molecule has 23 heavy (non-hydrogen) atoms. The Labute approximate surface area is 138 Å². The van der Waals surface area contributed by atoms with Crippen molar-refractivity contribution in [3.05, 3.63) is 60.3 Å². The lowest BCUT2D eigenvalue weighted by atomic mass is 9.92. The van der Waals surface area contributed by atoms with Gasteiger partial charge in [-0.2, -0.15) is 0 Å². The number of piperidine rings is 1. The Hall–Kier alpha value is -1.91. The molecule has 1 atom stereocenters. The number of pyridine rings is 1. The van der Waals surface area contributed by atoms with Gasteiger partial charge in [0.15, 0.2) is 0 Å². The standard InChI is InChI=1S/C19H25N3O/c1-21-13-7-11-19(23,15-21)16-22(18-10-5-6-12-20-18)14-17-8-3-2-4-9-17/h2-6,8-10,12,23H,7,11,13-16H2,1H3/t19-/m1/s1. The Morgan fingerprint density at radius 1 is 1.17 bits per heavy atom. The van der Waals surface area contributed by atoms with Gasteiger partial charge < -0.3 is 14.9 Å². The highest BCUT2D eigenvalue weighted by Crippen LogP contribution is 2.24. The summed E-state index contributed by atoms with van der Waals surface area (Å²) in [5.41, 5.74) is 0.546. The van der Waals surface area contributed by atoms with Gasteiger partial charge >= 0.3 is 0 Å². The molecule has 0 saturated carbocycles. The summed E-state index contributed by atoms with van der Waals surface area (Å²) in [5, 5.41) is 11.0. The molecule has 1 aromatic carbocycles. The fraction of sp³-hybridized carbons (Fsp3) is 0.421. The van der Waals surface area contributed by atoms with E-state index in [2.05, 4.69) is 46.1 Å². The lowest BCUT2D eigenvalue weighted by molar-refractivity contribution is -0.0168. The van der Waals surface area contributed by atoms with Crippen molar-refractivity contribution < 1.29 is 5.11 Å². The van der Waals surface area contributed by atoms with Crippen LogP contribution in [0.25, 0.3) is 0 Å². The Morgan fingerprint density at radius 2 is 1.96 bits per heavy atom. The van der Waals surface area contributed by atoms with Crippen molar-refractivity contribution in [3.8, 4) is 0 Å². The molecule has 1 aromatic heterocycles. The Bertz CT molecular complexity index is 605. The van der Waals surface area contributed by atoms with Crippen LogP contribution in [0, 0.1) is 0 Å². The van der Waals surface area contributed by atoms with Crippen LogP contribution < -0.4 is 4.90 Å². The second kappa shape index (κ2) is 7.11. The molecule has 2 aromatic rings. The molecule has 0 unspecified atom stereocenters. The number of aliphatic hydroxyl groups is 1. The lowest BCUT2D eigenvalue weighted by Crippen LogP contribution is -2.53. The molecule has 4 nitrogen and oxygen atoms in total. The molecule has 4 heteroatoms. The quantitative estimate of drug-likeness (QED) is 0.921. The number of β-amino-alcohol motifs (C(OH)–C–C–N with tert-alkyl or cyclic N) is 1. The molecule has 1 aliphatic rings. The highest BCUT2D eigenvalue weighted by molar-refractivity contribution is 5.40. The molecule has 1 aliphatic heterocycles. The van der Waals surface area contributed by atoms with E-state index >= 15 is 0 Å². The van der Waals surface area contributed by atoms with Crippen molar-refractivity contribution in [2.75, 3.05) is 31.6 Å². The smallest absolute Gasteiger partial charge is 0.128 e. The SMILES string of the molecule is CN1CCC[C@](O)(CN(Cc2ccccc2)c2ccccn2)C1. The van der Waals surface area contributed by atoms with Crippen molar-refractivity contribution in [1.29, 1.82) is 0 Å². The third kappa shape index (κ3) is 4.30. The average molecular weight is 311 g/mol. The van der Waals surface area contributed by atoms with Crippen LogP contribution in [0.4, 0.5) is 5.82 Å². The fourth-order valence-electron chi connectivity index (χ4n) is 3.39. The summed E-state index contributed by atoms with van der Waals surface area (Å²) in [6.45, 7) is 3.13. The molecule has 122 valence electrons. The number of hydrogen-bond acceptors (Lipinski definition) is 4. The number of anilines is 1. The van der Waals surface area contributed by atoms with Crippen molar-refractivity contribution >= 4 is 5.82 Å². The van der Waals surface area contributed by atoms with E-state index in [0.29, 0.717) is 13.1 Å². The number of benzene rings is 1. The van der Waals surface area contributed by atoms with E-state index < -0.39 is 5.60 Å². The largest absolute Gasteiger partial charge is 0.387 e. The Morgan fingerprint density at radius 3 is 2.65 bits per heavy atom. The van der Waals surface area contributed by atoms with Crippen molar-refractivity contribution in [2.45, 2.75) is 25.0 Å². The van der Waals surface area contributed by atoms with Crippen LogP contribution in [0.1, 0.15) is 18.4 Å². The molecule has 2 heterocycles. The van der Waals surface area contributed by atoms with Gasteiger partial charge in [-0.1, -0.05) is 36.4 Å². The summed E-state index contributed by atoms with van der Waals surface area (Å²) >= 11 is 0. The summed E-state index contributed by atoms with van der Waals surface area (Å²) in [6, 6.07) is 16.3. The molecular formula is C19H25N3O. The maximum absolute atomic E-state index is 11.0. The monoisotopic (exact) mass is 311 g/mol. The maximum atomic E-state index is 11.0. The molecule has 1 N–H and O–H groups in total. The minimum absolute atomic E-state index is 0.600. The molecule has 1 saturated heterocycles. The van der Waals surface area contributed by atoms with Gasteiger partial charge in [-0.15, -0.1) is 0 Å². The number of hydrogen-bond donors (Lipinski definition) is 1. The Kier molecular flexibility index (Phi) is 4.94.